The first-order valence-corrected chi connectivity index (χ1v) is 16.2. The van der Waals surface area contributed by atoms with Gasteiger partial charge in [-0.2, -0.15) is 4.58 Å². The van der Waals surface area contributed by atoms with Gasteiger partial charge in [-0.15, -0.1) is 0 Å². The van der Waals surface area contributed by atoms with Crippen molar-refractivity contribution in [1.29, 1.82) is 0 Å². The molecule has 0 aromatic heterocycles. The number of fused-ring (bicyclic) bond motifs is 4. The number of hydroxylamine groups is 1. The molecule has 0 saturated heterocycles. The zero-order valence-electron chi connectivity index (χ0n) is 26.5. The van der Waals surface area contributed by atoms with Crippen LogP contribution in [0, 0.1) is 0 Å². The van der Waals surface area contributed by atoms with Gasteiger partial charge in [-0.1, -0.05) is 93.4 Å². The minimum Gasteiger partial charge on any atom is -0.269 e. The van der Waals surface area contributed by atoms with Gasteiger partial charge >= 0.3 is 0 Å². The lowest BCUT2D eigenvalue weighted by Gasteiger charge is -2.26. The summed E-state index contributed by atoms with van der Waals surface area (Å²) < 4.78 is 2.35. The van der Waals surface area contributed by atoms with Crippen molar-refractivity contribution in [3.05, 3.63) is 118 Å². The molecule has 6 rings (SSSR count). The van der Waals surface area contributed by atoms with Crippen LogP contribution in [0.2, 0.25) is 0 Å². The molecule has 3 aromatic rings. The minimum absolute atomic E-state index is 0.115. The van der Waals surface area contributed by atoms with Crippen LogP contribution in [0.1, 0.15) is 77.8 Å². The predicted molar refractivity (Wildman–Crippen MR) is 183 cm³/mol. The van der Waals surface area contributed by atoms with Crippen molar-refractivity contribution in [2.24, 2.45) is 0 Å². The van der Waals surface area contributed by atoms with Gasteiger partial charge in [0.05, 0.1) is 23.4 Å². The maximum atomic E-state index is 7.16. The number of hydrogen-bond donors (Lipinski definition) is 0. The van der Waals surface area contributed by atoms with E-state index in [2.05, 4.69) is 136 Å². The Hall–Kier alpha value is -3.40. The van der Waals surface area contributed by atoms with Gasteiger partial charge in [0.2, 0.25) is 5.69 Å². The lowest BCUT2D eigenvalue weighted by atomic mass is 9.79. The molecule has 0 radical (unpaired) electrons. The van der Waals surface area contributed by atoms with Gasteiger partial charge in [-0.3, -0.25) is 4.84 Å². The van der Waals surface area contributed by atoms with E-state index in [0.717, 1.165) is 48.5 Å². The monoisotopic (exact) mass is 591 g/mol. The zero-order chi connectivity index (χ0) is 30.4. The molecule has 0 atom stereocenters. The summed E-state index contributed by atoms with van der Waals surface area (Å²) in [5.41, 5.74) is 9.67. The molecule has 0 bridgehead atoms. The Bertz CT molecular complexity index is 1730. The fourth-order valence-electron chi connectivity index (χ4n) is 7.18. The van der Waals surface area contributed by atoms with Crippen molar-refractivity contribution >= 4 is 39.5 Å². The van der Waals surface area contributed by atoms with E-state index < -0.39 is 0 Å². The van der Waals surface area contributed by atoms with E-state index in [1.807, 2.05) is 0 Å². The van der Waals surface area contributed by atoms with E-state index in [1.54, 1.807) is 0 Å². The number of allylic oxidation sites excluding steroid dienone is 8. The van der Waals surface area contributed by atoms with Crippen LogP contribution in [-0.4, -0.2) is 23.9 Å². The van der Waals surface area contributed by atoms with Crippen molar-refractivity contribution in [2.75, 3.05) is 18.7 Å². The van der Waals surface area contributed by atoms with E-state index in [0.29, 0.717) is 6.61 Å². The molecule has 43 heavy (non-hydrogen) atoms. The standard InChI is InChI=1S/C39H44ClN2O/c1-7-8-26-43-42-32-19-12-11-18-31(32)38(2,3)35(42)25-22-29-16-13-15-28(37(29)40)21-24-34-39(4,5)36-30-17-10-9-14-27(30)20-23-33(36)41(34)6/h9-12,14,17-25H,7-8,13,15-16,26H2,1-6H3/q+1. The van der Waals surface area contributed by atoms with Gasteiger partial charge in [0.15, 0.2) is 5.71 Å². The molecule has 4 heteroatoms. The average Bonchev–Trinajstić information content (AvgIpc) is 3.34. The molecule has 0 N–H and O–H groups in total. The summed E-state index contributed by atoms with van der Waals surface area (Å²) >= 11 is 7.16. The van der Waals surface area contributed by atoms with Gasteiger partial charge in [0, 0.05) is 28.2 Å². The third kappa shape index (κ3) is 5.11. The predicted octanol–water partition coefficient (Wildman–Crippen LogP) is 10.4. The second-order valence-corrected chi connectivity index (χ2v) is 13.5. The van der Waals surface area contributed by atoms with Crippen molar-refractivity contribution in [2.45, 2.75) is 77.6 Å². The van der Waals surface area contributed by atoms with Gasteiger partial charge in [0.25, 0.3) is 0 Å². The number of nitrogens with zero attached hydrogens (tertiary/aromatic N) is 2. The molecule has 0 spiro atoms. The molecule has 2 heterocycles. The molecule has 0 fully saturated rings. The highest BCUT2D eigenvalue weighted by Crippen LogP contribution is 2.48. The van der Waals surface area contributed by atoms with Crippen molar-refractivity contribution in [3.8, 4) is 0 Å². The second kappa shape index (κ2) is 11.6. The molecule has 3 aromatic carbocycles. The maximum Gasteiger partial charge on any atom is 0.210 e. The van der Waals surface area contributed by atoms with Crippen LogP contribution >= 0.6 is 11.6 Å². The summed E-state index contributed by atoms with van der Waals surface area (Å²) in [6.45, 7) is 12.1. The van der Waals surface area contributed by atoms with Crippen LogP contribution in [0.15, 0.2) is 107 Å². The van der Waals surface area contributed by atoms with Crippen LogP contribution in [0.25, 0.3) is 10.8 Å². The normalized spacial score (nSPS) is 21.1. The van der Waals surface area contributed by atoms with E-state index in [-0.39, 0.29) is 10.8 Å². The summed E-state index contributed by atoms with van der Waals surface area (Å²) in [5, 5.41) is 5.56. The van der Waals surface area contributed by atoms with E-state index in [9.17, 15) is 0 Å². The van der Waals surface area contributed by atoms with Gasteiger partial charge in [-0.05, 0) is 85.2 Å². The largest absolute Gasteiger partial charge is 0.269 e. The van der Waals surface area contributed by atoms with Crippen molar-refractivity contribution in [3.63, 3.8) is 0 Å². The summed E-state index contributed by atoms with van der Waals surface area (Å²) in [6.07, 6.45) is 14.2. The Balaban J connectivity index is 1.32. The number of anilines is 1. The quantitative estimate of drug-likeness (QED) is 0.200. The first-order chi connectivity index (χ1) is 20.7. The fourth-order valence-corrected chi connectivity index (χ4v) is 7.49. The first kappa shape index (κ1) is 29.7. The Labute approximate surface area is 262 Å². The average molecular weight is 592 g/mol. The first-order valence-electron chi connectivity index (χ1n) is 15.8. The molecule has 3 nitrogen and oxygen atoms in total. The molecule has 0 unspecified atom stereocenters. The van der Waals surface area contributed by atoms with Crippen LogP contribution in [-0.2, 0) is 15.7 Å². The highest BCUT2D eigenvalue weighted by Gasteiger charge is 2.44. The Morgan fingerprint density at radius 2 is 1.67 bits per heavy atom. The molecule has 0 amide bonds. The number of para-hydroxylation sites is 1. The SMILES string of the molecule is CCCCON1/C(=C/C=C2\CCCC(/C=C/C3=[N+](C)c4ccc5ccccc5c4C3(C)C)=C2Cl)C(C)(C)c2ccccc21. The van der Waals surface area contributed by atoms with Crippen molar-refractivity contribution < 1.29 is 9.41 Å². The van der Waals surface area contributed by atoms with Gasteiger partial charge < -0.3 is 0 Å². The topological polar surface area (TPSA) is 15.5 Å². The number of halogens is 1. The molecule has 222 valence electrons. The number of hydrogen-bond acceptors (Lipinski definition) is 2. The highest BCUT2D eigenvalue weighted by molar-refractivity contribution is 6.32. The minimum atomic E-state index is -0.165. The Kier molecular flexibility index (Phi) is 8.00. The third-order valence-corrected chi connectivity index (χ3v) is 10.1. The van der Waals surface area contributed by atoms with E-state index >= 15 is 0 Å². The fraction of sp³-hybridized carbons (Fsp3) is 0.359. The summed E-state index contributed by atoms with van der Waals surface area (Å²) in [6, 6.07) is 21.8. The smallest absolute Gasteiger partial charge is 0.210 e. The van der Waals surface area contributed by atoms with E-state index in [4.69, 9.17) is 16.4 Å². The van der Waals surface area contributed by atoms with E-state index in [1.165, 1.54) is 44.4 Å². The highest BCUT2D eigenvalue weighted by atomic mass is 35.5. The van der Waals surface area contributed by atoms with Crippen LogP contribution in [0.4, 0.5) is 11.4 Å². The number of benzene rings is 3. The third-order valence-electron chi connectivity index (χ3n) is 9.61. The zero-order valence-corrected chi connectivity index (χ0v) is 27.3. The molecule has 3 aliphatic rings. The Morgan fingerprint density at radius 3 is 2.49 bits per heavy atom. The summed E-state index contributed by atoms with van der Waals surface area (Å²) in [7, 11) is 2.19. The summed E-state index contributed by atoms with van der Waals surface area (Å²) in [4.78, 5) is 6.36. The lowest BCUT2D eigenvalue weighted by Crippen LogP contribution is -2.27. The number of unbranched alkanes of at least 4 members (excludes halogenated alkanes) is 1. The molecule has 0 saturated carbocycles. The molecule has 1 aliphatic carbocycles. The van der Waals surface area contributed by atoms with Crippen LogP contribution in [0.3, 0.4) is 0 Å². The molecular weight excluding hydrogens is 548 g/mol. The lowest BCUT2D eigenvalue weighted by molar-refractivity contribution is -0.401. The maximum absolute atomic E-state index is 7.16. The van der Waals surface area contributed by atoms with Gasteiger partial charge in [-0.25, -0.2) is 5.06 Å². The Morgan fingerprint density at radius 1 is 0.907 bits per heavy atom. The molecular formula is C39H44ClN2O+. The van der Waals surface area contributed by atoms with Gasteiger partial charge in [0.1, 0.15) is 7.05 Å². The van der Waals surface area contributed by atoms with Crippen LogP contribution < -0.4 is 5.06 Å². The summed E-state index contributed by atoms with van der Waals surface area (Å²) in [5.74, 6) is 0. The number of rotatable bonds is 7. The molecule has 2 aliphatic heterocycles. The second-order valence-electron chi connectivity index (χ2n) is 13.1. The van der Waals surface area contributed by atoms with Crippen molar-refractivity contribution in [1.82, 2.24) is 0 Å². The van der Waals surface area contributed by atoms with Crippen LogP contribution in [0.5, 0.6) is 0 Å².